The molecular weight excluding hydrogens is 721 g/mol. The van der Waals surface area contributed by atoms with Crippen molar-refractivity contribution in [3.8, 4) is 55.6 Å². The maximum Gasteiger partial charge on any atom is -0.00201 e. The van der Waals surface area contributed by atoms with Crippen LogP contribution in [0.4, 0.5) is 0 Å². The van der Waals surface area contributed by atoms with Gasteiger partial charge in [-0.1, -0.05) is 206 Å². The standard InChI is InChI=1S/C60H38/c1-5-23-47-39(15-1)19-11-29-51(47)43-33-34-57-58(38-43)59(55-27-9-10-28-56(55)60(57)54-32-14-22-42-18-4-8-26-50(42)54)46-36-44(52-30-12-20-40-16-2-6-24-48(40)52)35-45(37-46)53-31-13-21-41-17-3-7-25-49(41)53/h1-38H. The summed E-state index contributed by atoms with van der Waals surface area (Å²) in [6, 6.07) is 85.5. The molecule has 0 aliphatic rings. The van der Waals surface area contributed by atoms with Crippen LogP contribution in [0.15, 0.2) is 231 Å². The minimum atomic E-state index is 1.20. The zero-order valence-corrected chi connectivity index (χ0v) is 32.9. The van der Waals surface area contributed by atoms with Crippen LogP contribution in [-0.2, 0) is 0 Å². The molecule has 0 aliphatic heterocycles. The normalized spacial score (nSPS) is 11.7. The molecule has 0 saturated carbocycles. The van der Waals surface area contributed by atoms with Gasteiger partial charge in [0.15, 0.2) is 0 Å². The maximum absolute atomic E-state index is 2.47. The first kappa shape index (κ1) is 34.3. The van der Waals surface area contributed by atoms with Crippen LogP contribution in [0.2, 0.25) is 0 Å². The molecule has 0 nitrogen and oxygen atoms in total. The monoisotopic (exact) mass is 758 g/mol. The van der Waals surface area contributed by atoms with E-state index in [1.807, 2.05) is 0 Å². The summed E-state index contributed by atoms with van der Waals surface area (Å²) in [5.74, 6) is 0. The molecule has 0 atom stereocenters. The third-order valence-electron chi connectivity index (χ3n) is 12.6. The van der Waals surface area contributed by atoms with Crippen LogP contribution >= 0.6 is 0 Å². The molecule has 0 aromatic heterocycles. The third kappa shape index (κ3) is 5.53. The minimum absolute atomic E-state index is 1.20. The van der Waals surface area contributed by atoms with Crippen LogP contribution < -0.4 is 0 Å². The molecule has 0 saturated heterocycles. The second kappa shape index (κ2) is 13.9. The van der Waals surface area contributed by atoms with Crippen LogP contribution in [0.25, 0.3) is 120 Å². The Labute approximate surface area is 349 Å². The van der Waals surface area contributed by atoms with Crippen LogP contribution in [0, 0.1) is 0 Å². The lowest BCUT2D eigenvalue weighted by atomic mass is 9.82. The molecule has 12 aromatic rings. The van der Waals surface area contributed by atoms with Crippen molar-refractivity contribution in [3.05, 3.63) is 231 Å². The first-order valence-corrected chi connectivity index (χ1v) is 20.8. The van der Waals surface area contributed by atoms with Crippen molar-refractivity contribution in [2.24, 2.45) is 0 Å². The molecule has 0 heteroatoms. The third-order valence-corrected chi connectivity index (χ3v) is 12.6. The topological polar surface area (TPSA) is 0 Å². The lowest BCUT2D eigenvalue weighted by molar-refractivity contribution is 1.61. The van der Waals surface area contributed by atoms with Gasteiger partial charge in [0.2, 0.25) is 0 Å². The second-order valence-corrected chi connectivity index (χ2v) is 16.0. The van der Waals surface area contributed by atoms with Gasteiger partial charge in [-0.05, 0) is 145 Å². The largest absolute Gasteiger partial charge is 0.0616 e. The van der Waals surface area contributed by atoms with E-state index in [4.69, 9.17) is 0 Å². The second-order valence-electron chi connectivity index (χ2n) is 16.0. The average Bonchev–Trinajstić information content (AvgIpc) is 3.32. The van der Waals surface area contributed by atoms with Crippen molar-refractivity contribution in [3.63, 3.8) is 0 Å². The Morgan fingerprint density at radius 2 is 0.500 bits per heavy atom. The summed E-state index contributed by atoms with van der Waals surface area (Å²) in [6.07, 6.45) is 0. The van der Waals surface area contributed by atoms with Gasteiger partial charge in [-0.3, -0.25) is 0 Å². The van der Waals surface area contributed by atoms with Crippen molar-refractivity contribution < 1.29 is 0 Å². The Morgan fingerprint density at radius 3 is 0.983 bits per heavy atom. The Hall–Kier alpha value is -7.80. The van der Waals surface area contributed by atoms with E-state index >= 15 is 0 Å². The maximum atomic E-state index is 2.47. The van der Waals surface area contributed by atoms with Crippen molar-refractivity contribution in [2.45, 2.75) is 0 Å². The van der Waals surface area contributed by atoms with Gasteiger partial charge >= 0.3 is 0 Å². The van der Waals surface area contributed by atoms with E-state index in [0.717, 1.165) is 0 Å². The molecule has 60 heavy (non-hydrogen) atoms. The molecule has 0 amide bonds. The molecule has 12 rings (SSSR count). The molecule has 12 aromatic carbocycles. The van der Waals surface area contributed by atoms with Crippen LogP contribution in [0.3, 0.4) is 0 Å². The van der Waals surface area contributed by atoms with Gasteiger partial charge < -0.3 is 0 Å². The van der Waals surface area contributed by atoms with E-state index in [1.54, 1.807) is 0 Å². The van der Waals surface area contributed by atoms with Gasteiger partial charge in [-0.2, -0.15) is 0 Å². The highest BCUT2D eigenvalue weighted by molar-refractivity contribution is 6.24. The lowest BCUT2D eigenvalue weighted by Gasteiger charge is -2.21. The predicted octanol–water partition coefficient (Wildman–Crippen LogP) is 16.9. The van der Waals surface area contributed by atoms with Gasteiger partial charge in [0.25, 0.3) is 0 Å². The number of hydrogen-bond donors (Lipinski definition) is 0. The Balaban J connectivity index is 1.24. The van der Waals surface area contributed by atoms with Crippen molar-refractivity contribution in [2.75, 3.05) is 0 Å². The van der Waals surface area contributed by atoms with Crippen molar-refractivity contribution >= 4 is 64.6 Å². The minimum Gasteiger partial charge on any atom is -0.0616 e. The predicted molar refractivity (Wildman–Crippen MR) is 259 cm³/mol. The Bertz CT molecular complexity index is 3540. The van der Waals surface area contributed by atoms with Crippen LogP contribution in [0.1, 0.15) is 0 Å². The molecular formula is C60H38. The fourth-order valence-corrected chi connectivity index (χ4v) is 9.90. The summed E-state index contributed by atoms with van der Waals surface area (Å²) >= 11 is 0. The fraction of sp³-hybridized carbons (Fsp3) is 0. The molecule has 0 N–H and O–H groups in total. The van der Waals surface area contributed by atoms with E-state index in [2.05, 4.69) is 231 Å². The van der Waals surface area contributed by atoms with Gasteiger partial charge in [0.05, 0.1) is 0 Å². The quantitative estimate of drug-likeness (QED) is 0.153. The lowest BCUT2D eigenvalue weighted by Crippen LogP contribution is -1.94. The average molecular weight is 759 g/mol. The number of fused-ring (bicyclic) bond motifs is 6. The summed E-state index contributed by atoms with van der Waals surface area (Å²) in [5.41, 5.74) is 12.3. The first-order chi connectivity index (χ1) is 29.8. The van der Waals surface area contributed by atoms with Gasteiger partial charge in [0.1, 0.15) is 0 Å². The fourth-order valence-electron chi connectivity index (χ4n) is 9.90. The van der Waals surface area contributed by atoms with E-state index < -0.39 is 0 Å². The first-order valence-electron chi connectivity index (χ1n) is 20.8. The Kier molecular flexibility index (Phi) is 7.96. The number of benzene rings is 12. The molecule has 0 unspecified atom stereocenters. The van der Waals surface area contributed by atoms with Gasteiger partial charge in [0, 0.05) is 0 Å². The van der Waals surface area contributed by atoms with E-state index in [0.29, 0.717) is 0 Å². The van der Waals surface area contributed by atoms with Gasteiger partial charge in [-0.15, -0.1) is 0 Å². The zero-order chi connectivity index (χ0) is 39.6. The van der Waals surface area contributed by atoms with E-state index in [-0.39, 0.29) is 0 Å². The van der Waals surface area contributed by atoms with E-state index in [9.17, 15) is 0 Å². The summed E-state index contributed by atoms with van der Waals surface area (Å²) < 4.78 is 0. The Morgan fingerprint density at radius 1 is 0.167 bits per heavy atom. The van der Waals surface area contributed by atoms with Crippen LogP contribution in [0.5, 0.6) is 0 Å². The summed E-state index contributed by atoms with van der Waals surface area (Å²) in [5, 5.41) is 14.9. The molecule has 0 bridgehead atoms. The van der Waals surface area contributed by atoms with E-state index in [1.165, 1.54) is 120 Å². The SMILES string of the molecule is c1ccc2c(-c3cc(-c4cccc5ccccc45)cc(-c4c5ccccc5c(-c5cccc6ccccc56)c5ccc(-c6cccc7ccccc67)cc45)c3)cccc2c1. The highest BCUT2D eigenvalue weighted by Gasteiger charge is 2.21. The van der Waals surface area contributed by atoms with Crippen LogP contribution in [-0.4, -0.2) is 0 Å². The summed E-state index contributed by atoms with van der Waals surface area (Å²) in [6.45, 7) is 0. The van der Waals surface area contributed by atoms with Gasteiger partial charge in [-0.25, -0.2) is 0 Å². The number of hydrogen-bond acceptors (Lipinski definition) is 0. The molecule has 0 aliphatic carbocycles. The zero-order valence-electron chi connectivity index (χ0n) is 32.9. The molecule has 0 radical (unpaired) electrons. The smallest absolute Gasteiger partial charge is 0.00201 e. The highest BCUT2D eigenvalue weighted by Crippen LogP contribution is 2.48. The molecule has 0 spiro atoms. The van der Waals surface area contributed by atoms with Crippen molar-refractivity contribution in [1.82, 2.24) is 0 Å². The highest BCUT2D eigenvalue weighted by atomic mass is 14.2. The molecule has 0 heterocycles. The summed E-state index contributed by atoms with van der Waals surface area (Å²) in [7, 11) is 0. The summed E-state index contributed by atoms with van der Waals surface area (Å²) in [4.78, 5) is 0. The number of rotatable bonds is 5. The molecule has 278 valence electrons. The van der Waals surface area contributed by atoms with Crippen molar-refractivity contribution in [1.29, 1.82) is 0 Å². The molecule has 0 fully saturated rings.